The lowest BCUT2D eigenvalue weighted by molar-refractivity contribution is -0.156. The van der Waals surface area contributed by atoms with Crippen molar-refractivity contribution in [3.63, 3.8) is 0 Å². The van der Waals surface area contributed by atoms with Crippen molar-refractivity contribution in [1.82, 2.24) is 0 Å². The molecule has 5 heteroatoms. The van der Waals surface area contributed by atoms with Crippen LogP contribution in [0.4, 0.5) is 5.69 Å². The maximum atomic E-state index is 12.4. The van der Waals surface area contributed by atoms with Gasteiger partial charge in [-0.3, -0.25) is 9.59 Å². The summed E-state index contributed by atoms with van der Waals surface area (Å²) < 4.78 is 6.26. The van der Waals surface area contributed by atoms with Crippen molar-refractivity contribution >= 4 is 33.5 Å². The topological polar surface area (TPSA) is 46.6 Å². The van der Waals surface area contributed by atoms with Gasteiger partial charge in [0, 0.05) is 16.7 Å². The van der Waals surface area contributed by atoms with Gasteiger partial charge in [0.15, 0.2) is 0 Å². The van der Waals surface area contributed by atoms with Crippen LogP contribution >= 0.6 is 15.9 Å². The average molecular weight is 354 g/mol. The molecule has 1 unspecified atom stereocenters. The summed E-state index contributed by atoms with van der Waals surface area (Å²) in [6.45, 7) is 6.13. The van der Waals surface area contributed by atoms with Gasteiger partial charge in [0.05, 0.1) is 12.3 Å². The van der Waals surface area contributed by atoms with Crippen molar-refractivity contribution in [2.45, 2.75) is 39.2 Å². The Balaban J connectivity index is 1.98. The highest BCUT2D eigenvalue weighted by Crippen LogP contribution is 2.28. The Morgan fingerprint density at radius 3 is 2.52 bits per heavy atom. The number of carbonyl (C=O) groups is 2. The van der Waals surface area contributed by atoms with Gasteiger partial charge in [-0.05, 0) is 51.5 Å². The second-order valence-electron chi connectivity index (χ2n) is 6.24. The van der Waals surface area contributed by atoms with E-state index in [1.165, 1.54) is 0 Å². The Kier molecular flexibility index (Phi) is 4.71. The minimum absolute atomic E-state index is 0.00295. The molecular formula is C16H20BrNO3. The molecule has 0 aliphatic carbocycles. The smallest absolute Gasteiger partial charge is 0.307 e. The van der Waals surface area contributed by atoms with Crippen molar-refractivity contribution in [3.8, 4) is 0 Å². The zero-order valence-corrected chi connectivity index (χ0v) is 14.1. The van der Waals surface area contributed by atoms with Gasteiger partial charge < -0.3 is 9.64 Å². The first kappa shape index (κ1) is 16.0. The summed E-state index contributed by atoms with van der Waals surface area (Å²) in [7, 11) is 0. The minimum atomic E-state index is -0.510. The number of halogens is 1. The van der Waals surface area contributed by atoms with Crippen LogP contribution in [0, 0.1) is 5.92 Å². The Morgan fingerprint density at radius 2 is 1.95 bits per heavy atom. The molecule has 0 radical (unpaired) electrons. The van der Waals surface area contributed by atoms with Crippen LogP contribution in [0.2, 0.25) is 0 Å². The Labute approximate surface area is 133 Å². The van der Waals surface area contributed by atoms with Gasteiger partial charge >= 0.3 is 5.97 Å². The van der Waals surface area contributed by atoms with Gasteiger partial charge in [-0.1, -0.05) is 15.9 Å². The molecule has 114 valence electrons. The predicted octanol–water partition coefficient (Wildman–Crippen LogP) is 3.53. The van der Waals surface area contributed by atoms with E-state index in [9.17, 15) is 9.59 Å². The summed E-state index contributed by atoms with van der Waals surface area (Å²) in [6, 6.07) is 7.61. The van der Waals surface area contributed by atoms with Crippen molar-refractivity contribution in [2.75, 3.05) is 11.4 Å². The van der Waals surface area contributed by atoms with Crippen LogP contribution in [0.5, 0.6) is 0 Å². The molecule has 2 rings (SSSR count). The van der Waals surface area contributed by atoms with Gasteiger partial charge in [0.25, 0.3) is 0 Å². The first-order valence-corrected chi connectivity index (χ1v) is 7.84. The molecule has 1 amide bonds. The number of esters is 1. The van der Waals surface area contributed by atoms with Crippen LogP contribution < -0.4 is 4.90 Å². The number of hydrogen-bond acceptors (Lipinski definition) is 3. The van der Waals surface area contributed by atoms with Gasteiger partial charge in [0.2, 0.25) is 5.91 Å². The molecule has 1 atom stereocenters. The molecule has 1 saturated heterocycles. The molecule has 0 bridgehead atoms. The second-order valence-corrected chi connectivity index (χ2v) is 7.16. The fraction of sp³-hybridized carbons (Fsp3) is 0.500. The predicted molar refractivity (Wildman–Crippen MR) is 85.1 cm³/mol. The van der Waals surface area contributed by atoms with E-state index in [0.717, 1.165) is 10.2 Å². The number of rotatable bonds is 3. The number of carbonyl (C=O) groups excluding carboxylic acids is 2. The van der Waals surface area contributed by atoms with Crippen molar-refractivity contribution in [1.29, 1.82) is 0 Å². The van der Waals surface area contributed by atoms with E-state index >= 15 is 0 Å². The van der Waals surface area contributed by atoms with E-state index in [1.54, 1.807) is 4.90 Å². The molecule has 0 spiro atoms. The van der Waals surface area contributed by atoms with Gasteiger partial charge in [-0.2, -0.15) is 0 Å². The molecule has 1 aliphatic heterocycles. The maximum absolute atomic E-state index is 12.4. The zero-order valence-electron chi connectivity index (χ0n) is 12.6. The maximum Gasteiger partial charge on any atom is 0.307 e. The number of anilines is 1. The summed E-state index contributed by atoms with van der Waals surface area (Å²) in [4.78, 5) is 26.0. The lowest BCUT2D eigenvalue weighted by Crippen LogP contribution is -2.30. The van der Waals surface area contributed by atoms with Crippen LogP contribution in [0.3, 0.4) is 0 Å². The van der Waals surface area contributed by atoms with E-state index < -0.39 is 5.60 Å². The molecule has 4 nitrogen and oxygen atoms in total. The standard InChI is InChI=1S/C16H20BrNO3/c1-16(2,3)21-14(19)10-11-8-9-18(15(11)20)13-6-4-12(17)5-7-13/h4-7,11H,8-10H2,1-3H3. The normalized spacial score (nSPS) is 19.0. The van der Waals surface area contributed by atoms with Gasteiger partial charge in [-0.25, -0.2) is 0 Å². The number of amides is 1. The zero-order chi connectivity index (χ0) is 15.6. The van der Waals surface area contributed by atoms with E-state index in [4.69, 9.17) is 4.74 Å². The summed E-state index contributed by atoms with van der Waals surface area (Å²) in [6.07, 6.45) is 0.845. The van der Waals surface area contributed by atoms with Crippen LogP contribution in [0.25, 0.3) is 0 Å². The lowest BCUT2D eigenvalue weighted by atomic mass is 10.0. The van der Waals surface area contributed by atoms with Crippen molar-refractivity contribution < 1.29 is 14.3 Å². The summed E-state index contributed by atoms with van der Waals surface area (Å²) in [5, 5.41) is 0. The largest absolute Gasteiger partial charge is 0.460 e. The van der Waals surface area contributed by atoms with E-state index in [1.807, 2.05) is 45.0 Å². The third-order valence-corrected chi connectivity index (χ3v) is 3.82. The van der Waals surface area contributed by atoms with Crippen LogP contribution in [-0.4, -0.2) is 24.0 Å². The Bertz CT molecular complexity index is 533. The summed E-state index contributed by atoms with van der Waals surface area (Å²) in [5.74, 6) is -0.579. The fourth-order valence-electron chi connectivity index (χ4n) is 2.39. The molecule has 1 fully saturated rings. The second kappa shape index (κ2) is 6.18. The highest BCUT2D eigenvalue weighted by atomic mass is 79.9. The minimum Gasteiger partial charge on any atom is -0.460 e. The quantitative estimate of drug-likeness (QED) is 0.780. The number of nitrogens with zero attached hydrogens (tertiary/aromatic N) is 1. The average Bonchev–Trinajstić information content (AvgIpc) is 2.70. The van der Waals surface area contributed by atoms with Gasteiger partial charge in [-0.15, -0.1) is 0 Å². The van der Waals surface area contributed by atoms with Crippen LogP contribution in [0.1, 0.15) is 33.6 Å². The first-order valence-electron chi connectivity index (χ1n) is 7.05. The highest BCUT2D eigenvalue weighted by Gasteiger charge is 2.35. The van der Waals surface area contributed by atoms with E-state index in [2.05, 4.69) is 15.9 Å². The van der Waals surface area contributed by atoms with Crippen molar-refractivity contribution in [2.24, 2.45) is 5.92 Å². The van der Waals surface area contributed by atoms with Crippen LogP contribution in [-0.2, 0) is 14.3 Å². The number of hydrogen-bond donors (Lipinski definition) is 0. The lowest BCUT2D eigenvalue weighted by Gasteiger charge is -2.21. The fourth-order valence-corrected chi connectivity index (χ4v) is 2.65. The number of ether oxygens (including phenoxy) is 1. The number of benzene rings is 1. The molecule has 1 aromatic carbocycles. The molecule has 1 aromatic rings. The van der Waals surface area contributed by atoms with E-state index in [-0.39, 0.29) is 24.2 Å². The monoisotopic (exact) mass is 353 g/mol. The molecule has 0 aromatic heterocycles. The van der Waals surface area contributed by atoms with E-state index in [0.29, 0.717) is 13.0 Å². The highest BCUT2D eigenvalue weighted by molar-refractivity contribution is 9.10. The summed E-state index contributed by atoms with van der Waals surface area (Å²) >= 11 is 3.38. The molecule has 0 N–H and O–H groups in total. The molecule has 21 heavy (non-hydrogen) atoms. The summed E-state index contributed by atoms with van der Waals surface area (Å²) in [5.41, 5.74) is 0.360. The first-order chi connectivity index (χ1) is 9.76. The molecule has 0 saturated carbocycles. The van der Waals surface area contributed by atoms with Crippen LogP contribution in [0.15, 0.2) is 28.7 Å². The third kappa shape index (κ3) is 4.30. The third-order valence-electron chi connectivity index (χ3n) is 3.29. The SMILES string of the molecule is CC(C)(C)OC(=O)CC1CCN(c2ccc(Br)cc2)C1=O. The van der Waals surface area contributed by atoms with Gasteiger partial charge in [0.1, 0.15) is 5.60 Å². The Hall–Kier alpha value is -1.36. The van der Waals surface area contributed by atoms with Crippen molar-refractivity contribution in [3.05, 3.63) is 28.7 Å². The molecule has 1 aliphatic rings. The Morgan fingerprint density at radius 1 is 1.33 bits per heavy atom. The molecular weight excluding hydrogens is 334 g/mol. The molecule has 1 heterocycles.